The Kier molecular flexibility index (Phi) is 4.70. The van der Waals surface area contributed by atoms with Gasteiger partial charge in [-0.15, -0.1) is 0 Å². The molecule has 0 atom stereocenters. The molecule has 1 aromatic carbocycles. The highest BCUT2D eigenvalue weighted by molar-refractivity contribution is 5.86. The van der Waals surface area contributed by atoms with Crippen LogP contribution in [0.2, 0.25) is 0 Å². The van der Waals surface area contributed by atoms with E-state index in [1.165, 1.54) is 0 Å². The Morgan fingerprint density at radius 1 is 1.07 bits per heavy atom. The van der Waals surface area contributed by atoms with Gasteiger partial charge >= 0.3 is 0 Å². The predicted octanol–water partition coefficient (Wildman–Crippen LogP) is 2.50. The summed E-state index contributed by atoms with van der Waals surface area (Å²) >= 11 is 0. The number of nitrogens with zero attached hydrogens (tertiary/aromatic N) is 4. The van der Waals surface area contributed by atoms with Crippen molar-refractivity contribution in [3.8, 4) is 11.1 Å². The molecule has 0 spiro atoms. The van der Waals surface area contributed by atoms with Crippen LogP contribution in [-0.2, 0) is 22.6 Å². The first-order valence-electron chi connectivity index (χ1n) is 8.67. The summed E-state index contributed by atoms with van der Waals surface area (Å²) in [6, 6.07) is 11.8. The van der Waals surface area contributed by atoms with Crippen molar-refractivity contribution in [2.75, 3.05) is 20.8 Å². The quantitative estimate of drug-likeness (QED) is 0.526. The van der Waals surface area contributed by atoms with Gasteiger partial charge in [-0.25, -0.2) is 9.50 Å². The van der Waals surface area contributed by atoms with Crippen molar-refractivity contribution in [3.63, 3.8) is 0 Å². The molecule has 0 N–H and O–H groups in total. The highest BCUT2D eigenvalue weighted by Crippen LogP contribution is 2.29. The number of ether oxygens (including phenoxy) is 2. The Bertz CT molecular complexity index is 1150. The van der Waals surface area contributed by atoms with Crippen molar-refractivity contribution in [2.24, 2.45) is 0 Å². The summed E-state index contributed by atoms with van der Waals surface area (Å²) in [5.74, 6) is 0. The van der Waals surface area contributed by atoms with Gasteiger partial charge in [0.1, 0.15) is 0 Å². The first kappa shape index (κ1) is 17.4. The normalized spacial score (nSPS) is 11.5. The van der Waals surface area contributed by atoms with Gasteiger partial charge < -0.3 is 14.0 Å². The van der Waals surface area contributed by atoms with Crippen LogP contribution in [-0.4, -0.2) is 40.0 Å². The molecule has 0 amide bonds. The largest absolute Gasteiger partial charge is 0.383 e. The molecule has 0 fully saturated rings. The maximum Gasteiger partial charge on any atom is 0.261 e. The number of rotatable bonds is 6. The highest BCUT2D eigenvalue weighted by Gasteiger charge is 2.18. The average Bonchev–Trinajstić information content (AvgIpc) is 3.07. The van der Waals surface area contributed by atoms with E-state index >= 15 is 0 Å². The van der Waals surface area contributed by atoms with Crippen molar-refractivity contribution in [1.29, 1.82) is 0 Å². The molecule has 4 aromatic rings. The lowest BCUT2D eigenvalue weighted by molar-refractivity contribution is 0.181. The van der Waals surface area contributed by atoms with E-state index in [2.05, 4.69) is 4.98 Å². The Balaban J connectivity index is 1.98. The molecule has 3 heterocycles. The van der Waals surface area contributed by atoms with E-state index in [1.54, 1.807) is 35.7 Å². The molecule has 4 rings (SSSR count). The van der Waals surface area contributed by atoms with Gasteiger partial charge in [-0.2, -0.15) is 5.10 Å². The van der Waals surface area contributed by atoms with Gasteiger partial charge in [0.25, 0.3) is 5.56 Å². The lowest BCUT2D eigenvalue weighted by Crippen LogP contribution is -2.22. The summed E-state index contributed by atoms with van der Waals surface area (Å²) in [6.45, 7) is 1.32. The van der Waals surface area contributed by atoms with Gasteiger partial charge in [-0.1, -0.05) is 30.3 Å². The Morgan fingerprint density at radius 3 is 2.63 bits per heavy atom. The SMILES string of the molecule is COCCn1ccc2c(cnc3c(-c4ccccc4)c(COC)nn32)c1=O. The highest BCUT2D eigenvalue weighted by atomic mass is 16.5. The Labute approximate surface area is 155 Å². The van der Waals surface area contributed by atoms with Crippen LogP contribution in [0.5, 0.6) is 0 Å². The van der Waals surface area contributed by atoms with E-state index in [1.807, 2.05) is 36.4 Å². The Morgan fingerprint density at radius 2 is 1.89 bits per heavy atom. The summed E-state index contributed by atoms with van der Waals surface area (Å²) in [5, 5.41) is 5.22. The van der Waals surface area contributed by atoms with Crippen molar-refractivity contribution in [2.45, 2.75) is 13.2 Å². The molecule has 0 bridgehead atoms. The lowest BCUT2D eigenvalue weighted by Gasteiger charge is -2.07. The first-order chi connectivity index (χ1) is 13.2. The molecule has 0 unspecified atom stereocenters. The van der Waals surface area contributed by atoms with Crippen LogP contribution in [0.4, 0.5) is 0 Å². The average molecular weight is 364 g/mol. The molecule has 3 aromatic heterocycles. The first-order valence-corrected chi connectivity index (χ1v) is 8.67. The van der Waals surface area contributed by atoms with Crippen molar-refractivity contribution < 1.29 is 9.47 Å². The van der Waals surface area contributed by atoms with Crippen molar-refractivity contribution >= 4 is 16.6 Å². The predicted molar refractivity (Wildman–Crippen MR) is 103 cm³/mol. The fourth-order valence-corrected chi connectivity index (χ4v) is 3.26. The molecule has 0 aliphatic carbocycles. The van der Waals surface area contributed by atoms with Crippen LogP contribution >= 0.6 is 0 Å². The lowest BCUT2D eigenvalue weighted by atomic mass is 10.1. The molecule has 0 radical (unpaired) electrons. The number of benzene rings is 1. The van der Waals surface area contributed by atoms with Crippen molar-refractivity contribution in [1.82, 2.24) is 19.2 Å². The molecule has 138 valence electrons. The number of pyridine rings is 1. The number of aromatic nitrogens is 4. The van der Waals surface area contributed by atoms with E-state index in [-0.39, 0.29) is 5.56 Å². The molecule has 0 saturated carbocycles. The second-order valence-corrected chi connectivity index (χ2v) is 6.22. The summed E-state index contributed by atoms with van der Waals surface area (Å²) in [4.78, 5) is 17.3. The zero-order valence-corrected chi connectivity index (χ0v) is 15.3. The number of methoxy groups -OCH3 is 2. The third-order valence-electron chi connectivity index (χ3n) is 4.54. The zero-order valence-electron chi connectivity index (χ0n) is 15.3. The van der Waals surface area contributed by atoms with Gasteiger partial charge in [-0.05, 0) is 11.6 Å². The summed E-state index contributed by atoms with van der Waals surface area (Å²) in [7, 11) is 3.25. The van der Waals surface area contributed by atoms with Gasteiger partial charge in [0.05, 0.1) is 35.4 Å². The van der Waals surface area contributed by atoms with Crippen LogP contribution in [0, 0.1) is 0 Å². The third kappa shape index (κ3) is 3.01. The van der Waals surface area contributed by atoms with Crippen LogP contribution in [0.15, 0.2) is 53.6 Å². The van der Waals surface area contributed by atoms with E-state index in [4.69, 9.17) is 14.6 Å². The number of hydrogen-bond acceptors (Lipinski definition) is 5. The van der Waals surface area contributed by atoms with E-state index in [9.17, 15) is 4.79 Å². The summed E-state index contributed by atoms with van der Waals surface area (Å²) in [6.07, 6.45) is 3.39. The van der Waals surface area contributed by atoms with Crippen LogP contribution in [0.3, 0.4) is 0 Å². The Hall–Kier alpha value is -3.03. The van der Waals surface area contributed by atoms with E-state index in [0.717, 1.165) is 22.3 Å². The minimum absolute atomic E-state index is 0.107. The topological polar surface area (TPSA) is 70.7 Å². The van der Waals surface area contributed by atoms with Gasteiger partial charge in [-0.3, -0.25) is 4.79 Å². The number of fused-ring (bicyclic) bond motifs is 3. The van der Waals surface area contributed by atoms with Crippen LogP contribution < -0.4 is 5.56 Å². The zero-order chi connectivity index (χ0) is 18.8. The molecular formula is C20H20N4O3. The van der Waals surface area contributed by atoms with Gasteiger partial charge in [0, 0.05) is 33.2 Å². The summed E-state index contributed by atoms with van der Waals surface area (Å²) in [5.41, 5.74) is 4.03. The third-order valence-corrected chi connectivity index (χ3v) is 4.54. The van der Waals surface area contributed by atoms with E-state index in [0.29, 0.717) is 30.8 Å². The van der Waals surface area contributed by atoms with Gasteiger partial charge in [0.2, 0.25) is 0 Å². The molecule has 7 heteroatoms. The standard InChI is InChI=1S/C20H20N4O3/c1-26-11-10-23-9-8-17-15(20(23)25)12-21-19-18(14-6-4-3-5-7-14)16(13-27-2)22-24(17)19/h3-9,12H,10-11,13H2,1-2H3. The smallest absolute Gasteiger partial charge is 0.261 e. The monoisotopic (exact) mass is 364 g/mol. The second-order valence-electron chi connectivity index (χ2n) is 6.22. The maximum absolute atomic E-state index is 12.8. The van der Waals surface area contributed by atoms with Crippen molar-refractivity contribution in [3.05, 3.63) is 64.8 Å². The molecule has 0 aliphatic rings. The molecule has 27 heavy (non-hydrogen) atoms. The van der Waals surface area contributed by atoms with E-state index < -0.39 is 0 Å². The summed E-state index contributed by atoms with van der Waals surface area (Å²) < 4.78 is 13.8. The minimum Gasteiger partial charge on any atom is -0.383 e. The molecule has 0 saturated heterocycles. The molecule has 0 aliphatic heterocycles. The maximum atomic E-state index is 12.8. The number of hydrogen-bond donors (Lipinski definition) is 0. The molecule has 7 nitrogen and oxygen atoms in total. The minimum atomic E-state index is -0.107. The fraction of sp³-hybridized carbons (Fsp3) is 0.250. The second kappa shape index (κ2) is 7.30. The molecular weight excluding hydrogens is 344 g/mol. The van der Waals surface area contributed by atoms with Crippen LogP contribution in [0.25, 0.3) is 27.7 Å². The fourth-order valence-electron chi connectivity index (χ4n) is 3.26. The van der Waals surface area contributed by atoms with Gasteiger partial charge in [0.15, 0.2) is 5.65 Å². The van der Waals surface area contributed by atoms with Crippen LogP contribution in [0.1, 0.15) is 5.69 Å².